The molecule has 2 fully saturated rings. The van der Waals surface area contributed by atoms with Crippen LogP contribution >= 0.6 is 0 Å². The van der Waals surface area contributed by atoms with Gasteiger partial charge in [-0.15, -0.1) is 6.42 Å². The Balaban J connectivity index is 1.71. The van der Waals surface area contributed by atoms with Crippen molar-refractivity contribution in [3.8, 4) is 12.3 Å². The molecule has 0 aromatic heterocycles. The van der Waals surface area contributed by atoms with Crippen LogP contribution < -0.4 is 10.6 Å². The number of rotatable bonds is 11. The van der Waals surface area contributed by atoms with Crippen molar-refractivity contribution >= 4 is 17.8 Å². The molecule has 2 rings (SSSR count). The maximum Gasteiger partial charge on any atom is 0.322 e. The molecule has 0 saturated carbocycles. The Morgan fingerprint density at radius 2 is 1.97 bits per heavy atom. The van der Waals surface area contributed by atoms with Crippen LogP contribution in [0.3, 0.4) is 0 Å². The minimum atomic E-state index is -0.788. The normalized spacial score (nSPS) is 20.4. The highest BCUT2D eigenvalue weighted by Gasteiger charge is 2.29. The van der Waals surface area contributed by atoms with Crippen LogP contribution in [0.1, 0.15) is 65.2 Å². The number of piperidine rings is 2. The van der Waals surface area contributed by atoms with E-state index in [0.717, 1.165) is 58.0 Å². The Morgan fingerprint density at radius 3 is 2.66 bits per heavy atom. The topological polar surface area (TPSA) is 87.7 Å². The van der Waals surface area contributed by atoms with Gasteiger partial charge in [0.1, 0.15) is 5.92 Å². The quantitative estimate of drug-likeness (QED) is 0.288. The first-order valence-corrected chi connectivity index (χ1v) is 12.3. The van der Waals surface area contributed by atoms with Crippen LogP contribution in [0.25, 0.3) is 0 Å². The predicted molar refractivity (Wildman–Crippen MR) is 124 cm³/mol. The fourth-order valence-electron chi connectivity index (χ4n) is 4.40. The maximum atomic E-state index is 12.7. The standard InChI is InChI=1S/C25H41N3O4/c1-4-21(25(31)32-16-6-7-19(2)3)17-27-24(30)22-8-5-15-28(18-22)23(29)10-9-20-11-13-26-14-12-20/h1,19-22,26H,5-18H2,2-3H3,(H,27,30)/t21-,22+/m0/s1. The zero-order valence-corrected chi connectivity index (χ0v) is 19.9. The number of ether oxygens (including phenoxy) is 1. The van der Waals surface area contributed by atoms with Crippen molar-refractivity contribution in [3.63, 3.8) is 0 Å². The van der Waals surface area contributed by atoms with Crippen LogP contribution in [-0.2, 0) is 19.1 Å². The average molecular weight is 448 g/mol. The van der Waals surface area contributed by atoms with E-state index in [-0.39, 0.29) is 24.3 Å². The molecule has 180 valence electrons. The molecule has 0 spiro atoms. The molecule has 7 heteroatoms. The third-order valence-corrected chi connectivity index (χ3v) is 6.51. The third-order valence-electron chi connectivity index (χ3n) is 6.51. The lowest BCUT2D eigenvalue weighted by Crippen LogP contribution is -2.46. The summed E-state index contributed by atoms with van der Waals surface area (Å²) in [4.78, 5) is 39.4. The summed E-state index contributed by atoms with van der Waals surface area (Å²) in [7, 11) is 0. The second kappa shape index (κ2) is 14.2. The first-order chi connectivity index (χ1) is 15.4. The molecule has 2 atom stereocenters. The average Bonchev–Trinajstić information content (AvgIpc) is 2.81. The van der Waals surface area contributed by atoms with E-state index in [2.05, 4.69) is 30.4 Å². The Hall–Kier alpha value is -2.07. The van der Waals surface area contributed by atoms with E-state index in [1.54, 1.807) is 0 Å². The molecule has 2 N–H and O–H groups in total. The lowest BCUT2D eigenvalue weighted by Gasteiger charge is -2.33. The fraction of sp³-hybridized carbons (Fsp3) is 0.800. The Morgan fingerprint density at radius 1 is 1.22 bits per heavy atom. The van der Waals surface area contributed by atoms with Crippen LogP contribution in [0.2, 0.25) is 0 Å². The van der Waals surface area contributed by atoms with Crippen molar-refractivity contribution in [2.24, 2.45) is 23.7 Å². The van der Waals surface area contributed by atoms with Gasteiger partial charge in [-0.1, -0.05) is 19.8 Å². The highest BCUT2D eigenvalue weighted by atomic mass is 16.5. The number of esters is 1. The minimum absolute atomic E-state index is 0.0680. The SMILES string of the molecule is C#C[C@@H](CNC(=O)[C@@H]1CCCN(C(=O)CCC2CCNCC2)C1)C(=O)OCCCC(C)C. The van der Waals surface area contributed by atoms with Crippen molar-refractivity contribution < 1.29 is 19.1 Å². The molecule has 0 aromatic rings. The van der Waals surface area contributed by atoms with Gasteiger partial charge in [-0.05, 0) is 69.9 Å². The van der Waals surface area contributed by atoms with Gasteiger partial charge >= 0.3 is 5.97 Å². The Labute approximate surface area is 193 Å². The molecule has 7 nitrogen and oxygen atoms in total. The number of nitrogens with one attached hydrogen (secondary N) is 2. The lowest BCUT2D eigenvalue weighted by atomic mass is 9.92. The Bertz CT molecular complexity index is 652. The molecular formula is C25H41N3O4. The number of amides is 2. The van der Waals surface area contributed by atoms with E-state index >= 15 is 0 Å². The maximum absolute atomic E-state index is 12.7. The van der Waals surface area contributed by atoms with E-state index < -0.39 is 11.9 Å². The number of carbonyl (C=O) groups is 3. The van der Waals surface area contributed by atoms with Crippen molar-refractivity contribution in [3.05, 3.63) is 0 Å². The molecule has 2 saturated heterocycles. The number of hydrogen-bond acceptors (Lipinski definition) is 5. The zero-order chi connectivity index (χ0) is 23.3. The van der Waals surface area contributed by atoms with Gasteiger partial charge in [0.25, 0.3) is 0 Å². The smallest absolute Gasteiger partial charge is 0.322 e. The molecule has 0 radical (unpaired) electrons. The van der Waals surface area contributed by atoms with Crippen LogP contribution in [0.4, 0.5) is 0 Å². The fourth-order valence-corrected chi connectivity index (χ4v) is 4.40. The van der Waals surface area contributed by atoms with Gasteiger partial charge < -0.3 is 20.3 Å². The van der Waals surface area contributed by atoms with Gasteiger partial charge in [-0.3, -0.25) is 14.4 Å². The number of carbonyl (C=O) groups excluding carboxylic acids is 3. The minimum Gasteiger partial charge on any atom is -0.465 e. The third kappa shape index (κ3) is 9.20. The summed E-state index contributed by atoms with van der Waals surface area (Å²) in [6, 6.07) is 0. The first kappa shape index (κ1) is 26.2. The van der Waals surface area contributed by atoms with Crippen LogP contribution in [-0.4, -0.2) is 62.0 Å². The van der Waals surface area contributed by atoms with E-state index in [1.807, 2.05) is 4.90 Å². The molecule has 0 unspecified atom stereocenters. The van der Waals surface area contributed by atoms with Gasteiger partial charge in [0.15, 0.2) is 0 Å². The summed E-state index contributed by atoms with van der Waals surface area (Å²) in [5.74, 6) is 2.10. The molecule has 2 aliphatic heterocycles. The van der Waals surface area contributed by atoms with E-state index in [0.29, 0.717) is 38.0 Å². The predicted octanol–water partition coefficient (Wildman–Crippen LogP) is 2.35. The van der Waals surface area contributed by atoms with E-state index in [9.17, 15) is 14.4 Å². The van der Waals surface area contributed by atoms with Crippen molar-refractivity contribution in [2.45, 2.75) is 65.2 Å². The van der Waals surface area contributed by atoms with Gasteiger partial charge in [-0.2, -0.15) is 0 Å². The van der Waals surface area contributed by atoms with Gasteiger partial charge in [0.05, 0.1) is 12.5 Å². The van der Waals surface area contributed by atoms with Gasteiger partial charge in [0.2, 0.25) is 11.8 Å². The van der Waals surface area contributed by atoms with Crippen LogP contribution in [0, 0.1) is 36.0 Å². The number of likely N-dealkylation sites (tertiary alicyclic amines) is 1. The van der Waals surface area contributed by atoms with Crippen molar-refractivity contribution in [1.82, 2.24) is 15.5 Å². The van der Waals surface area contributed by atoms with Crippen LogP contribution in [0.15, 0.2) is 0 Å². The summed E-state index contributed by atoms with van der Waals surface area (Å²) in [5.41, 5.74) is 0. The molecule has 32 heavy (non-hydrogen) atoms. The lowest BCUT2D eigenvalue weighted by molar-refractivity contribution is -0.146. The van der Waals surface area contributed by atoms with Crippen molar-refractivity contribution in [1.29, 1.82) is 0 Å². The summed E-state index contributed by atoms with van der Waals surface area (Å²) in [6.07, 6.45) is 12.6. The van der Waals surface area contributed by atoms with Crippen LogP contribution in [0.5, 0.6) is 0 Å². The molecule has 2 amide bonds. The van der Waals surface area contributed by atoms with Crippen molar-refractivity contribution in [2.75, 3.05) is 39.3 Å². The molecule has 2 heterocycles. The van der Waals surface area contributed by atoms with Gasteiger partial charge in [0, 0.05) is 26.1 Å². The summed E-state index contributed by atoms with van der Waals surface area (Å²) >= 11 is 0. The van der Waals surface area contributed by atoms with E-state index in [1.165, 1.54) is 0 Å². The number of terminal acetylenes is 1. The second-order valence-corrected chi connectivity index (χ2v) is 9.58. The molecular weight excluding hydrogens is 406 g/mol. The highest BCUT2D eigenvalue weighted by molar-refractivity contribution is 5.82. The van der Waals surface area contributed by atoms with Gasteiger partial charge in [-0.25, -0.2) is 0 Å². The number of hydrogen-bond donors (Lipinski definition) is 2. The monoisotopic (exact) mass is 447 g/mol. The number of nitrogens with zero attached hydrogens (tertiary/aromatic N) is 1. The largest absolute Gasteiger partial charge is 0.465 e. The summed E-state index contributed by atoms with van der Waals surface area (Å²) in [5, 5.41) is 6.16. The molecule has 0 aliphatic carbocycles. The first-order valence-electron chi connectivity index (χ1n) is 12.3. The zero-order valence-electron chi connectivity index (χ0n) is 19.9. The summed E-state index contributed by atoms with van der Waals surface area (Å²) in [6.45, 7) is 7.89. The Kier molecular flexibility index (Phi) is 11.6. The summed E-state index contributed by atoms with van der Waals surface area (Å²) < 4.78 is 5.26. The highest BCUT2D eigenvalue weighted by Crippen LogP contribution is 2.21. The van der Waals surface area contributed by atoms with E-state index in [4.69, 9.17) is 11.2 Å². The molecule has 0 bridgehead atoms. The molecule has 2 aliphatic rings. The second-order valence-electron chi connectivity index (χ2n) is 9.58. The molecule has 0 aromatic carbocycles.